The Labute approximate surface area is 153 Å². The number of thiophene rings is 1. The Hall–Kier alpha value is -2.48. The van der Waals surface area contributed by atoms with Crippen LogP contribution in [0.15, 0.2) is 47.4 Å². The van der Waals surface area contributed by atoms with Gasteiger partial charge in [0.15, 0.2) is 11.5 Å². The summed E-state index contributed by atoms with van der Waals surface area (Å²) >= 11 is 1.60. The minimum Gasteiger partial charge on any atom is -0.357 e. The van der Waals surface area contributed by atoms with Gasteiger partial charge in [0.1, 0.15) is 5.82 Å². The summed E-state index contributed by atoms with van der Waals surface area (Å²) in [4.78, 5) is 13.7. The van der Waals surface area contributed by atoms with E-state index in [1.807, 2.05) is 23.8 Å². The van der Waals surface area contributed by atoms with Crippen molar-refractivity contribution in [3.05, 3.63) is 58.7 Å². The molecule has 1 unspecified atom stereocenters. The van der Waals surface area contributed by atoms with Crippen LogP contribution >= 0.6 is 11.3 Å². The second kappa shape index (κ2) is 7.41. The lowest BCUT2D eigenvalue weighted by molar-refractivity contribution is -0.141. The van der Waals surface area contributed by atoms with Gasteiger partial charge in [-0.2, -0.15) is 24.5 Å². The zero-order valence-electron chi connectivity index (χ0n) is 14.2. The Morgan fingerprint density at radius 2 is 1.88 bits per heavy atom. The quantitative estimate of drug-likeness (QED) is 0.646. The number of aromatic nitrogens is 3. The Morgan fingerprint density at radius 3 is 2.50 bits per heavy atom. The highest BCUT2D eigenvalue weighted by Gasteiger charge is 2.34. The second-order valence-corrected chi connectivity index (χ2v) is 6.74. The molecule has 0 amide bonds. The Kier molecular flexibility index (Phi) is 5.22. The fourth-order valence-corrected chi connectivity index (χ4v) is 3.18. The molecule has 8 heteroatoms. The molecule has 0 aliphatic heterocycles. The normalized spacial score (nSPS) is 12.8. The van der Waals surface area contributed by atoms with Crippen molar-refractivity contribution in [3.63, 3.8) is 0 Å². The number of nitrogens with zero attached hydrogens (tertiary/aromatic N) is 4. The molecule has 4 nitrogen and oxygen atoms in total. The summed E-state index contributed by atoms with van der Waals surface area (Å²) < 4.78 is 39.9. The molecule has 0 saturated heterocycles. The fraction of sp³-hybridized carbons (Fsp3) is 0.278. The van der Waals surface area contributed by atoms with Gasteiger partial charge in [-0.15, -0.1) is 0 Å². The summed E-state index contributed by atoms with van der Waals surface area (Å²) in [6, 6.07) is 6.17. The van der Waals surface area contributed by atoms with Gasteiger partial charge in [-0.05, 0) is 47.9 Å². The van der Waals surface area contributed by atoms with Crippen LogP contribution in [0.2, 0.25) is 0 Å². The number of likely N-dealkylation sites (N-methyl/N-ethyl adjacent to an activating group) is 1. The summed E-state index contributed by atoms with van der Waals surface area (Å²) in [7, 11) is 1.75. The number of halogens is 3. The number of anilines is 1. The maximum Gasteiger partial charge on any atom is 0.433 e. The first-order valence-electron chi connectivity index (χ1n) is 7.95. The zero-order chi connectivity index (χ0) is 18.7. The molecule has 136 valence electrons. The van der Waals surface area contributed by atoms with Gasteiger partial charge in [0, 0.05) is 37.1 Å². The fourth-order valence-electron chi connectivity index (χ4n) is 2.50. The summed E-state index contributed by atoms with van der Waals surface area (Å²) in [5.41, 5.74) is 0.684. The molecule has 3 heterocycles. The lowest BCUT2D eigenvalue weighted by Crippen LogP contribution is -2.32. The summed E-state index contributed by atoms with van der Waals surface area (Å²) in [5, 5.41) is 4.02. The van der Waals surface area contributed by atoms with E-state index in [9.17, 15) is 13.2 Å². The van der Waals surface area contributed by atoms with Gasteiger partial charge in [-0.3, -0.25) is 4.98 Å². The summed E-state index contributed by atoms with van der Waals surface area (Å²) in [5.74, 6) is 0.272. The molecule has 3 aromatic heterocycles. The molecular weight excluding hydrogens is 361 g/mol. The number of hydrogen-bond acceptors (Lipinski definition) is 5. The third-order valence-corrected chi connectivity index (χ3v) is 4.81. The van der Waals surface area contributed by atoms with Crippen LogP contribution in [0.4, 0.5) is 19.0 Å². The second-order valence-electron chi connectivity index (χ2n) is 5.96. The van der Waals surface area contributed by atoms with Crippen molar-refractivity contribution in [2.75, 3.05) is 11.9 Å². The van der Waals surface area contributed by atoms with Crippen molar-refractivity contribution in [2.45, 2.75) is 25.6 Å². The van der Waals surface area contributed by atoms with Crippen LogP contribution in [-0.2, 0) is 12.6 Å². The van der Waals surface area contributed by atoms with Gasteiger partial charge < -0.3 is 4.90 Å². The van der Waals surface area contributed by atoms with Crippen molar-refractivity contribution in [1.82, 2.24) is 15.0 Å². The smallest absolute Gasteiger partial charge is 0.357 e. The van der Waals surface area contributed by atoms with Crippen LogP contribution in [0, 0.1) is 0 Å². The van der Waals surface area contributed by atoms with Crippen molar-refractivity contribution < 1.29 is 13.2 Å². The first-order valence-corrected chi connectivity index (χ1v) is 8.89. The van der Waals surface area contributed by atoms with Gasteiger partial charge in [0.05, 0.1) is 0 Å². The molecule has 1 atom stereocenters. The topological polar surface area (TPSA) is 41.9 Å². The van der Waals surface area contributed by atoms with Crippen LogP contribution in [0.25, 0.3) is 11.4 Å². The molecule has 0 saturated carbocycles. The molecule has 0 aliphatic rings. The van der Waals surface area contributed by atoms with E-state index in [0.717, 1.165) is 18.1 Å². The minimum atomic E-state index is -4.54. The predicted molar refractivity (Wildman–Crippen MR) is 96.2 cm³/mol. The Morgan fingerprint density at radius 1 is 1.15 bits per heavy atom. The first-order chi connectivity index (χ1) is 12.3. The molecule has 0 bridgehead atoms. The zero-order valence-corrected chi connectivity index (χ0v) is 15.1. The predicted octanol–water partition coefficient (Wildman–Crippen LogP) is 4.69. The lowest BCUT2D eigenvalue weighted by atomic mass is 10.1. The number of rotatable bonds is 5. The van der Waals surface area contributed by atoms with Crippen molar-refractivity contribution in [1.29, 1.82) is 0 Å². The van der Waals surface area contributed by atoms with E-state index in [2.05, 4.69) is 15.0 Å². The largest absolute Gasteiger partial charge is 0.433 e. The minimum absolute atomic E-state index is 0.0223. The van der Waals surface area contributed by atoms with E-state index < -0.39 is 11.9 Å². The number of hydrogen-bond donors (Lipinski definition) is 0. The van der Waals surface area contributed by atoms with Crippen LogP contribution in [0.3, 0.4) is 0 Å². The Bertz CT molecular complexity index is 851. The molecule has 0 N–H and O–H groups in total. The van der Waals surface area contributed by atoms with Crippen LogP contribution in [0.1, 0.15) is 18.2 Å². The highest BCUT2D eigenvalue weighted by molar-refractivity contribution is 7.07. The van der Waals surface area contributed by atoms with Crippen LogP contribution < -0.4 is 4.90 Å². The van der Waals surface area contributed by atoms with Gasteiger partial charge in [0.25, 0.3) is 0 Å². The maximum absolute atomic E-state index is 13.3. The highest BCUT2D eigenvalue weighted by atomic mass is 32.1. The third-order valence-electron chi connectivity index (χ3n) is 4.08. The van der Waals surface area contributed by atoms with E-state index in [-0.39, 0.29) is 17.7 Å². The molecule has 0 spiro atoms. The average molecular weight is 378 g/mol. The molecule has 3 aromatic rings. The van der Waals surface area contributed by atoms with Crippen molar-refractivity contribution in [2.24, 2.45) is 0 Å². The molecule has 0 radical (unpaired) electrons. The number of alkyl halides is 3. The SMILES string of the molecule is CC(Cc1ccsc1)N(C)c1cc(C(F)(F)F)nc(-c2ccncc2)n1. The highest BCUT2D eigenvalue weighted by Crippen LogP contribution is 2.32. The number of pyridine rings is 1. The molecule has 0 aliphatic carbocycles. The van der Waals surface area contributed by atoms with Gasteiger partial charge in [-0.1, -0.05) is 0 Å². The molecule has 3 rings (SSSR count). The summed E-state index contributed by atoms with van der Waals surface area (Å²) in [6.07, 6.45) is -0.823. The van der Waals surface area contributed by atoms with E-state index >= 15 is 0 Å². The van der Waals surface area contributed by atoms with Crippen LogP contribution in [0.5, 0.6) is 0 Å². The first kappa shape index (κ1) is 18.3. The van der Waals surface area contributed by atoms with E-state index in [1.165, 1.54) is 12.4 Å². The monoisotopic (exact) mass is 378 g/mol. The molecule has 0 aromatic carbocycles. The van der Waals surface area contributed by atoms with Crippen molar-refractivity contribution in [3.8, 4) is 11.4 Å². The summed E-state index contributed by atoms with van der Waals surface area (Å²) in [6.45, 7) is 1.96. The van der Waals surface area contributed by atoms with Crippen molar-refractivity contribution >= 4 is 17.2 Å². The molecular formula is C18H17F3N4S. The maximum atomic E-state index is 13.3. The van der Waals surface area contributed by atoms with Gasteiger partial charge in [-0.25, -0.2) is 9.97 Å². The Balaban J connectivity index is 1.97. The molecule has 0 fully saturated rings. The van der Waals surface area contributed by atoms with Gasteiger partial charge in [0.2, 0.25) is 0 Å². The van der Waals surface area contributed by atoms with E-state index in [4.69, 9.17) is 0 Å². The van der Waals surface area contributed by atoms with Crippen LogP contribution in [-0.4, -0.2) is 28.0 Å². The standard InChI is InChI=1S/C18H17F3N4S/c1-12(9-13-5-8-26-11-13)25(2)16-10-15(18(19,20)21)23-17(24-16)14-3-6-22-7-4-14/h3-8,10-12H,9H2,1-2H3. The van der Waals surface area contributed by atoms with E-state index in [1.54, 1.807) is 35.4 Å². The van der Waals surface area contributed by atoms with E-state index in [0.29, 0.717) is 5.56 Å². The third kappa shape index (κ3) is 4.19. The molecule has 26 heavy (non-hydrogen) atoms. The lowest BCUT2D eigenvalue weighted by Gasteiger charge is -2.26. The van der Waals surface area contributed by atoms with Gasteiger partial charge >= 0.3 is 6.18 Å². The average Bonchev–Trinajstić information content (AvgIpc) is 3.13.